The number of ether oxygens (including phenoxy) is 1. The minimum atomic E-state index is -0.425. The Morgan fingerprint density at radius 2 is 2.06 bits per heavy atom. The molecule has 1 aliphatic heterocycles. The van der Waals surface area contributed by atoms with Crippen molar-refractivity contribution in [3.05, 3.63) is 29.8 Å². The highest BCUT2D eigenvalue weighted by atomic mass is 16.5. The first-order valence-corrected chi connectivity index (χ1v) is 6.39. The standard InChI is InChI=1S/C14H19NO2/c1-15(10-5-4-6-10)12-9-17-13-8-3-2-7-11(13)14(12)16/h2-3,7-8,10,12,14,16H,4-6,9H2,1H3. The van der Waals surface area contributed by atoms with Gasteiger partial charge in [-0.1, -0.05) is 24.6 Å². The summed E-state index contributed by atoms with van der Waals surface area (Å²) in [5.74, 6) is 0.832. The first kappa shape index (κ1) is 11.1. The molecule has 0 spiro atoms. The summed E-state index contributed by atoms with van der Waals surface area (Å²) in [6.45, 7) is 0.588. The number of likely N-dealkylation sites (N-methyl/N-ethyl adjacent to an activating group) is 1. The van der Waals surface area contributed by atoms with Crippen LogP contribution in [0.25, 0.3) is 0 Å². The molecule has 0 saturated heterocycles. The quantitative estimate of drug-likeness (QED) is 0.847. The second-order valence-electron chi connectivity index (χ2n) is 5.11. The molecule has 0 bridgehead atoms. The Balaban J connectivity index is 1.81. The van der Waals surface area contributed by atoms with Crippen LogP contribution in [0, 0.1) is 0 Å². The summed E-state index contributed by atoms with van der Waals surface area (Å²) in [4.78, 5) is 2.30. The minimum Gasteiger partial charge on any atom is -0.491 e. The fourth-order valence-corrected chi connectivity index (χ4v) is 2.73. The number of rotatable bonds is 2. The molecule has 1 N–H and O–H groups in total. The minimum absolute atomic E-state index is 0.0928. The lowest BCUT2D eigenvalue weighted by atomic mass is 9.88. The number of nitrogens with zero attached hydrogens (tertiary/aromatic N) is 1. The maximum atomic E-state index is 10.4. The number of aliphatic hydroxyl groups excluding tert-OH is 1. The van der Waals surface area contributed by atoms with Crippen molar-refractivity contribution in [1.29, 1.82) is 0 Å². The lowest BCUT2D eigenvalue weighted by Gasteiger charge is -2.43. The molecule has 2 aliphatic rings. The van der Waals surface area contributed by atoms with E-state index in [1.807, 2.05) is 24.3 Å². The van der Waals surface area contributed by atoms with Crippen molar-refractivity contribution in [3.63, 3.8) is 0 Å². The molecule has 3 nitrogen and oxygen atoms in total. The zero-order chi connectivity index (χ0) is 11.8. The largest absolute Gasteiger partial charge is 0.491 e. The van der Waals surface area contributed by atoms with Gasteiger partial charge in [-0.25, -0.2) is 0 Å². The molecule has 0 amide bonds. The molecular weight excluding hydrogens is 214 g/mol. The molecule has 1 aromatic rings. The van der Waals surface area contributed by atoms with Crippen molar-refractivity contribution in [2.75, 3.05) is 13.7 Å². The number of hydrogen-bond acceptors (Lipinski definition) is 3. The molecule has 2 unspecified atom stereocenters. The van der Waals surface area contributed by atoms with Gasteiger partial charge in [-0.05, 0) is 26.0 Å². The van der Waals surface area contributed by atoms with E-state index >= 15 is 0 Å². The molecule has 17 heavy (non-hydrogen) atoms. The Labute approximate surface area is 102 Å². The molecule has 0 aromatic heterocycles. The maximum Gasteiger partial charge on any atom is 0.125 e. The molecule has 1 saturated carbocycles. The average Bonchev–Trinajstić information content (AvgIpc) is 2.27. The molecule has 0 radical (unpaired) electrons. The van der Waals surface area contributed by atoms with Gasteiger partial charge in [-0.15, -0.1) is 0 Å². The molecule has 1 heterocycles. The third-order valence-electron chi connectivity index (χ3n) is 4.19. The van der Waals surface area contributed by atoms with Crippen LogP contribution in [0.1, 0.15) is 30.9 Å². The number of fused-ring (bicyclic) bond motifs is 1. The normalized spacial score (nSPS) is 28.4. The summed E-state index contributed by atoms with van der Waals surface area (Å²) in [7, 11) is 2.11. The highest BCUT2D eigenvalue weighted by Gasteiger charge is 2.36. The summed E-state index contributed by atoms with van der Waals surface area (Å²) in [6.07, 6.45) is 3.39. The van der Waals surface area contributed by atoms with Crippen molar-refractivity contribution in [1.82, 2.24) is 4.90 Å². The third kappa shape index (κ3) is 1.83. The number of aliphatic hydroxyl groups is 1. The molecule has 1 aromatic carbocycles. The molecular formula is C14H19NO2. The number of hydrogen-bond donors (Lipinski definition) is 1. The van der Waals surface area contributed by atoms with Crippen LogP contribution in [0.15, 0.2) is 24.3 Å². The van der Waals surface area contributed by atoms with Gasteiger partial charge < -0.3 is 9.84 Å². The van der Waals surface area contributed by atoms with Crippen molar-refractivity contribution < 1.29 is 9.84 Å². The summed E-state index contributed by atoms with van der Waals surface area (Å²) in [6, 6.07) is 8.51. The second-order valence-corrected chi connectivity index (χ2v) is 5.11. The van der Waals surface area contributed by atoms with Gasteiger partial charge >= 0.3 is 0 Å². The van der Waals surface area contributed by atoms with E-state index < -0.39 is 6.10 Å². The number of benzene rings is 1. The van der Waals surface area contributed by atoms with Gasteiger partial charge in [-0.3, -0.25) is 4.90 Å². The molecule has 3 rings (SSSR count). The summed E-state index contributed by atoms with van der Waals surface area (Å²) in [5.41, 5.74) is 0.926. The zero-order valence-electron chi connectivity index (χ0n) is 10.2. The van der Waals surface area contributed by atoms with Gasteiger partial charge in [0.2, 0.25) is 0 Å². The zero-order valence-corrected chi connectivity index (χ0v) is 10.2. The Morgan fingerprint density at radius 1 is 1.29 bits per heavy atom. The van der Waals surface area contributed by atoms with Crippen molar-refractivity contribution in [3.8, 4) is 5.75 Å². The fraction of sp³-hybridized carbons (Fsp3) is 0.571. The monoisotopic (exact) mass is 233 g/mol. The van der Waals surface area contributed by atoms with E-state index in [2.05, 4.69) is 11.9 Å². The van der Waals surface area contributed by atoms with Crippen LogP contribution in [-0.4, -0.2) is 35.7 Å². The number of para-hydroxylation sites is 1. The Hall–Kier alpha value is -1.06. The van der Waals surface area contributed by atoms with E-state index in [0.717, 1.165) is 11.3 Å². The predicted molar refractivity (Wildman–Crippen MR) is 66.1 cm³/mol. The highest BCUT2D eigenvalue weighted by Crippen LogP contribution is 2.36. The maximum absolute atomic E-state index is 10.4. The molecule has 2 atom stereocenters. The summed E-state index contributed by atoms with van der Waals surface area (Å²) >= 11 is 0. The van der Waals surface area contributed by atoms with E-state index in [9.17, 15) is 5.11 Å². The van der Waals surface area contributed by atoms with Gasteiger partial charge in [0.05, 0.1) is 6.04 Å². The van der Waals surface area contributed by atoms with Crippen molar-refractivity contribution in [2.45, 2.75) is 37.5 Å². The lowest BCUT2D eigenvalue weighted by molar-refractivity contribution is -0.0186. The predicted octanol–water partition coefficient (Wildman–Crippen LogP) is 1.97. The molecule has 1 aliphatic carbocycles. The van der Waals surface area contributed by atoms with Gasteiger partial charge in [0, 0.05) is 11.6 Å². The van der Waals surface area contributed by atoms with E-state index in [-0.39, 0.29) is 6.04 Å². The summed E-state index contributed by atoms with van der Waals surface area (Å²) < 4.78 is 5.74. The molecule has 92 valence electrons. The van der Waals surface area contributed by atoms with Crippen LogP contribution in [0.4, 0.5) is 0 Å². The van der Waals surface area contributed by atoms with Crippen LogP contribution in [0.5, 0.6) is 5.75 Å². The van der Waals surface area contributed by atoms with E-state index in [4.69, 9.17) is 4.74 Å². The fourth-order valence-electron chi connectivity index (χ4n) is 2.73. The second kappa shape index (κ2) is 4.31. The van der Waals surface area contributed by atoms with Crippen molar-refractivity contribution in [2.24, 2.45) is 0 Å². The van der Waals surface area contributed by atoms with Crippen LogP contribution in [-0.2, 0) is 0 Å². The van der Waals surface area contributed by atoms with Gasteiger partial charge in [0.1, 0.15) is 18.5 Å². The third-order valence-corrected chi connectivity index (χ3v) is 4.19. The van der Waals surface area contributed by atoms with Crippen LogP contribution in [0.2, 0.25) is 0 Å². The SMILES string of the molecule is CN(C1CCC1)C1COc2ccccc2C1O. The van der Waals surface area contributed by atoms with Crippen LogP contribution < -0.4 is 4.74 Å². The average molecular weight is 233 g/mol. The first-order chi connectivity index (χ1) is 8.27. The van der Waals surface area contributed by atoms with Crippen LogP contribution in [0.3, 0.4) is 0 Å². The van der Waals surface area contributed by atoms with Crippen molar-refractivity contribution >= 4 is 0 Å². The topological polar surface area (TPSA) is 32.7 Å². The highest BCUT2D eigenvalue weighted by molar-refractivity contribution is 5.37. The molecule has 3 heteroatoms. The van der Waals surface area contributed by atoms with Gasteiger partial charge in [0.25, 0.3) is 0 Å². The van der Waals surface area contributed by atoms with E-state index in [1.165, 1.54) is 19.3 Å². The summed E-state index contributed by atoms with van der Waals surface area (Å²) in [5, 5.41) is 10.4. The van der Waals surface area contributed by atoms with E-state index in [0.29, 0.717) is 12.6 Å². The molecule has 1 fully saturated rings. The van der Waals surface area contributed by atoms with Crippen LogP contribution >= 0.6 is 0 Å². The van der Waals surface area contributed by atoms with Gasteiger partial charge in [0.15, 0.2) is 0 Å². The van der Waals surface area contributed by atoms with E-state index in [1.54, 1.807) is 0 Å². The smallest absolute Gasteiger partial charge is 0.125 e. The Bertz CT molecular complexity index is 403. The van der Waals surface area contributed by atoms with Gasteiger partial charge in [-0.2, -0.15) is 0 Å². The lowest BCUT2D eigenvalue weighted by Crippen LogP contribution is -2.50. The Morgan fingerprint density at radius 3 is 2.76 bits per heavy atom. The Kier molecular flexibility index (Phi) is 2.81. The first-order valence-electron chi connectivity index (χ1n) is 6.39.